The first-order chi connectivity index (χ1) is 16.2. The Labute approximate surface area is 192 Å². The van der Waals surface area contributed by atoms with Crippen LogP contribution < -0.4 is 4.90 Å². The van der Waals surface area contributed by atoms with Crippen LogP contribution in [0.15, 0.2) is 77.9 Å². The summed E-state index contributed by atoms with van der Waals surface area (Å²) in [6.45, 7) is 9.43. The highest BCUT2D eigenvalue weighted by molar-refractivity contribution is 5.75. The lowest BCUT2D eigenvalue weighted by molar-refractivity contribution is 0.123. The summed E-state index contributed by atoms with van der Waals surface area (Å²) in [5, 5.41) is 13.5. The zero-order valence-corrected chi connectivity index (χ0v) is 18.6. The summed E-state index contributed by atoms with van der Waals surface area (Å²) >= 11 is 0. The Morgan fingerprint density at radius 3 is 2.73 bits per heavy atom. The van der Waals surface area contributed by atoms with Gasteiger partial charge in [-0.1, -0.05) is 30.4 Å². The number of morpholine rings is 1. The number of allylic oxidation sites excluding steroid dienone is 1. The lowest BCUT2D eigenvalue weighted by atomic mass is 10.1. The number of rotatable bonds is 6. The van der Waals surface area contributed by atoms with Crippen LogP contribution in [0, 0.1) is 0 Å². The summed E-state index contributed by atoms with van der Waals surface area (Å²) < 4.78 is 7.33. The number of nitrogens with zero attached hydrogens (tertiary/aromatic N) is 7. The number of fused-ring (bicyclic) bond motifs is 1. The van der Waals surface area contributed by atoms with E-state index in [0.29, 0.717) is 25.6 Å². The van der Waals surface area contributed by atoms with Crippen molar-refractivity contribution in [2.24, 2.45) is 10.2 Å². The summed E-state index contributed by atoms with van der Waals surface area (Å²) in [6, 6.07) is 14.0. The van der Waals surface area contributed by atoms with E-state index >= 15 is 0 Å². The maximum absolute atomic E-state index is 5.54. The molecule has 0 radical (unpaired) electrons. The van der Waals surface area contributed by atoms with Crippen molar-refractivity contribution in [2.45, 2.75) is 13.5 Å². The molecule has 1 fully saturated rings. The third-order valence-corrected chi connectivity index (χ3v) is 5.57. The van der Waals surface area contributed by atoms with Crippen molar-refractivity contribution >= 4 is 22.7 Å². The fourth-order valence-corrected chi connectivity index (χ4v) is 3.82. The number of anilines is 1. The molecule has 1 aliphatic rings. The highest BCUT2D eigenvalue weighted by Gasteiger charge is 2.18. The van der Waals surface area contributed by atoms with Crippen LogP contribution in [0.3, 0.4) is 0 Å². The minimum absolute atomic E-state index is 0.472. The summed E-state index contributed by atoms with van der Waals surface area (Å²) in [5.41, 5.74) is 6.81. The maximum Gasteiger partial charge on any atom is 0.196 e. The van der Waals surface area contributed by atoms with Crippen molar-refractivity contribution in [2.75, 3.05) is 31.2 Å². The lowest BCUT2D eigenvalue weighted by Gasteiger charge is -2.28. The van der Waals surface area contributed by atoms with E-state index in [1.165, 1.54) is 0 Å². The fraction of sp³-hybridized carbons (Fsp3) is 0.240. The van der Waals surface area contributed by atoms with Gasteiger partial charge in [-0.05, 0) is 36.2 Å². The number of pyridine rings is 1. The fourth-order valence-electron chi connectivity index (χ4n) is 3.82. The van der Waals surface area contributed by atoms with E-state index in [1.54, 1.807) is 16.9 Å². The van der Waals surface area contributed by atoms with Gasteiger partial charge in [0, 0.05) is 37.1 Å². The number of hydrogen-bond acceptors (Lipinski definition) is 7. The van der Waals surface area contributed by atoms with E-state index < -0.39 is 0 Å². The summed E-state index contributed by atoms with van der Waals surface area (Å²) in [7, 11) is 0. The largest absolute Gasteiger partial charge is 0.378 e. The van der Waals surface area contributed by atoms with Gasteiger partial charge in [-0.3, -0.25) is 4.98 Å². The summed E-state index contributed by atoms with van der Waals surface area (Å²) in [6.07, 6.45) is 5.44. The number of azo groups is 1. The topological polar surface area (TPSA) is 80.3 Å². The molecule has 8 heteroatoms. The van der Waals surface area contributed by atoms with Gasteiger partial charge < -0.3 is 9.64 Å². The molecule has 5 rings (SSSR count). The number of aromatic nitrogens is 4. The molecule has 4 aromatic rings. The molecule has 1 aliphatic heterocycles. The molecular formula is C25H25N7O. The van der Waals surface area contributed by atoms with E-state index in [9.17, 15) is 0 Å². The molecule has 8 nitrogen and oxygen atoms in total. The smallest absolute Gasteiger partial charge is 0.196 e. The lowest BCUT2D eigenvalue weighted by Crippen LogP contribution is -2.36. The molecule has 0 spiro atoms. The molecule has 0 unspecified atom stereocenters. The second kappa shape index (κ2) is 9.30. The molecule has 0 aliphatic carbocycles. The zero-order valence-electron chi connectivity index (χ0n) is 18.6. The number of benzene rings is 1. The molecule has 0 bridgehead atoms. The zero-order chi connectivity index (χ0) is 22.6. The molecule has 166 valence electrons. The number of ether oxygens (including phenoxy) is 1. The molecule has 3 aromatic heterocycles. The van der Waals surface area contributed by atoms with Crippen LogP contribution in [0.4, 0.5) is 11.5 Å². The van der Waals surface area contributed by atoms with Crippen LogP contribution >= 0.6 is 0 Å². The first-order valence-corrected chi connectivity index (χ1v) is 10.9. The van der Waals surface area contributed by atoms with Crippen molar-refractivity contribution in [1.82, 2.24) is 19.6 Å². The Morgan fingerprint density at radius 2 is 1.94 bits per heavy atom. The maximum atomic E-state index is 5.54. The molecule has 33 heavy (non-hydrogen) atoms. The Bertz CT molecular complexity index is 1310. The molecule has 0 atom stereocenters. The minimum Gasteiger partial charge on any atom is -0.378 e. The van der Waals surface area contributed by atoms with Gasteiger partial charge in [0.2, 0.25) is 0 Å². The summed E-state index contributed by atoms with van der Waals surface area (Å²) in [4.78, 5) is 11.2. The Morgan fingerprint density at radius 1 is 1.12 bits per heavy atom. The average molecular weight is 440 g/mol. The van der Waals surface area contributed by atoms with Crippen LogP contribution in [0.25, 0.3) is 22.5 Å². The van der Waals surface area contributed by atoms with Crippen LogP contribution in [0.1, 0.15) is 18.1 Å². The normalized spacial score (nSPS) is 14.3. The van der Waals surface area contributed by atoms with Crippen LogP contribution in [0.5, 0.6) is 0 Å². The quantitative estimate of drug-likeness (QED) is 0.397. The van der Waals surface area contributed by atoms with Crippen LogP contribution in [0.2, 0.25) is 0 Å². The molecule has 1 saturated heterocycles. The Kier molecular flexibility index (Phi) is 5.91. The molecule has 4 heterocycles. The van der Waals surface area contributed by atoms with Gasteiger partial charge in [0.15, 0.2) is 11.5 Å². The third-order valence-electron chi connectivity index (χ3n) is 5.57. The predicted octanol–water partition coefficient (Wildman–Crippen LogP) is 4.94. The molecule has 1 aromatic carbocycles. The van der Waals surface area contributed by atoms with Crippen molar-refractivity contribution < 1.29 is 4.74 Å². The van der Waals surface area contributed by atoms with E-state index in [-0.39, 0.29) is 0 Å². The second-order valence-corrected chi connectivity index (χ2v) is 8.00. The monoisotopic (exact) mass is 439 g/mol. The number of imidazole rings is 1. The number of hydrogen-bond donors (Lipinski definition) is 0. The second-order valence-electron chi connectivity index (χ2n) is 8.00. The summed E-state index contributed by atoms with van der Waals surface area (Å²) in [5.74, 6) is 0.540. The van der Waals surface area contributed by atoms with Crippen molar-refractivity contribution in [3.63, 3.8) is 0 Å². The van der Waals surface area contributed by atoms with E-state index in [1.807, 2.05) is 49.5 Å². The van der Waals surface area contributed by atoms with E-state index in [2.05, 4.69) is 37.9 Å². The minimum atomic E-state index is 0.472. The SMILES string of the molecule is C=C(C)c1cccc(CN=Nc2cc(N3CCOCC3)c3nc(-c4ccncc4)cn3n2)c1. The predicted molar refractivity (Wildman–Crippen MR) is 129 cm³/mol. The van der Waals surface area contributed by atoms with Crippen LogP contribution in [-0.2, 0) is 11.3 Å². The van der Waals surface area contributed by atoms with Gasteiger partial charge in [-0.2, -0.15) is 5.11 Å². The van der Waals surface area contributed by atoms with E-state index in [4.69, 9.17) is 9.72 Å². The Balaban J connectivity index is 1.48. The first-order valence-electron chi connectivity index (χ1n) is 10.9. The van der Waals surface area contributed by atoms with Crippen molar-refractivity contribution in [3.05, 3.63) is 78.8 Å². The molecule has 0 saturated carbocycles. The molecule has 0 amide bonds. The third kappa shape index (κ3) is 4.65. The highest BCUT2D eigenvalue weighted by atomic mass is 16.5. The van der Waals surface area contributed by atoms with Crippen molar-refractivity contribution in [3.8, 4) is 11.3 Å². The van der Waals surface area contributed by atoms with E-state index in [0.717, 1.165) is 52.4 Å². The molecule has 0 N–H and O–H groups in total. The average Bonchev–Trinajstić information content (AvgIpc) is 3.29. The van der Waals surface area contributed by atoms with Gasteiger partial charge in [0.1, 0.15) is 0 Å². The Hall–Kier alpha value is -3.91. The van der Waals surface area contributed by atoms with Gasteiger partial charge in [-0.15, -0.1) is 10.2 Å². The standard InChI is InChI=1S/C25H25N7O/c1-18(2)21-5-3-4-19(14-21)16-27-29-24-15-23(31-10-12-33-13-11-31)25-28-22(17-32(25)30-24)20-6-8-26-9-7-20/h3-9,14-15,17H,1,10-13,16H2,2H3. The van der Waals surface area contributed by atoms with Gasteiger partial charge in [0.25, 0.3) is 0 Å². The van der Waals surface area contributed by atoms with Gasteiger partial charge >= 0.3 is 0 Å². The molecular weight excluding hydrogens is 414 g/mol. The van der Waals surface area contributed by atoms with Crippen LogP contribution in [-0.4, -0.2) is 45.9 Å². The van der Waals surface area contributed by atoms with Gasteiger partial charge in [0.05, 0.1) is 37.3 Å². The first kappa shape index (κ1) is 21.0. The van der Waals surface area contributed by atoms with Crippen molar-refractivity contribution in [1.29, 1.82) is 0 Å². The van der Waals surface area contributed by atoms with Gasteiger partial charge in [-0.25, -0.2) is 9.50 Å². The highest BCUT2D eigenvalue weighted by Crippen LogP contribution is 2.29.